The Morgan fingerprint density at radius 2 is 2.11 bits per heavy atom. The van der Waals surface area contributed by atoms with E-state index in [0.29, 0.717) is 5.54 Å². The molecule has 1 aromatic rings. The van der Waals surface area contributed by atoms with E-state index in [0.717, 1.165) is 19.5 Å². The third-order valence-corrected chi connectivity index (χ3v) is 4.96. The molecule has 1 aliphatic carbocycles. The predicted octanol–water partition coefficient (Wildman–Crippen LogP) is 2.59. The van der Waals surface area contributed by atoms with Crippen molar-refractivity contribution in [2.45, 2.75) is 50.5 Å². The lowest BCUT2D eigenvalue weighted by Crippen LogP contribution is -2.46. The Morgan fingerprint density at radius 1 is 1.28 bits per heavy atom. The van der Waals surface area contributed by atoms with E-state index < -0.39 is 0 Å². The third kappa shape index (κ3) is 4.04. The van der Waals surface area contributed by atoms with Crippen LogP contribution in [0.25, 0.3) is 0 Å². The molecule has 1 aliphatic rings. The van der Waals surface area contributed by atoms with Crippen LogP contribution in [0.5, 0.6) is 0 Å². The fourth-order valence-corrected chi connectivity index (χ4v) is 3.50. The van der Waals surface area contributed by atoms with Crippen LogP contribution in [0.4, 0.5) is 0 Å². The highest BCUT2D eigenvalue weighted by atomic mass is 32.1. The van der Waals surface area contributed by atoms with Gasteiger partial charge < -0.3 is 10.6 Å². The van der Waals surface area contributed by atoms with E-state index in [4.69, 9.17) is 0 Å². The predicted molar refractivity (Wildman–Crippen MR) is 78.2 cm³/mol. The molecule has 0 aliphatic heterocycles. The minimum atomic E-state index is 0.409. The highest BCUT2D eigenvalue weighted by Crippen LogP contribution is 2.30. The van der Waals surface area contributed by atoms with Gasteiger partial charge in [-0.15, -0.1) is 11.3 Å². The van der Waals surface area contributed by atoms with Gasteiger partial charge in [0.1, 0.15) is 0 Å². The van der Waals surface area contributed by atoms with E-state index in [9.17, 15) is 0 Å². The Kier molecular flexibility index (Phi) is 5.60. The molecule has 0 unspecified atom stereocenters. The summed E-state index contributed by atoms with van der Waals surface area (Å²) in [4.78, 5) is 4.30. The maximum absolute atomic E-state index is 4.30. The number of aromatic nitrogens is 1. The standard InChI is InChI=1S/C14H25N3S/c1-15-14(6-3-2-4-7-14)8-10-16-9-5-13-17-11-12-18-13/h11-12,15-16H,2-10H2,1H3. The first-order chi connectivity index (χ1) is 8.85. The molecular weight excluding hydrogens is 242 g/mol. The van der Waals surface area contributed by atoms with Crippen molar-refractivity contribution in [2.75, 3.05) is 20.1 Å². The lowest BCUT2D eigenvalue weighted by Gasteiger charge is -2.37. The summed E-state index contributed by atoms with van der Waals surface area (Å²) >= 11 is 1.75. The molecule has 2 rings (SSSR count). The average molecular weight is 267 g/mol. The van der Waals surface area contributed by atoms with Crippen molar-refractivity contribution in [1.82, 2.24) is 15.6 Å². The number of nitrogens with zero attached hydrogens (tertiary/aromatic N) is 1. The van der Waals surface area contributed by atoms with Crippen LogP contribution in [0.3, 0.4) is 0 Å². The number of hydrogen-bond donors (Lipinski definition) is 2. The fourth-order valence-electron chi connectivity index (χ4n) is 2.88. The van der Waals surface area contributed by atoms with Gasteiger partial charge in [0.2, 0.25) is 0 Å². The highest BCUT2D eigenvalue weighted by molar-refractivity contribution is 7.09. The number of rotatable bonds is 7. The summed E-state index contributed by atoms with van der Waals surface area (Å²) in [5, 5.41) is 10.4. The molecule has 0 spiro atoms. The lowest BCUT2D eigenvalue weighted by molar-refractivity contribution is 0.228. The second-order valence-electron chi connectivity index (χ2n) is 5.27. The number of nitrogens with one attached hydrogen (secondary N) is 2. The van der Waals surface area contributed by atoms with Crippen molar-refractivity contribution in [3.8, 4) is 0 Å². The molecule has 0 atom stereocenters. The van der Waals surface area contributed by atoms with E-state index in [1.54, 1.807) is 11.3 Å². The van der Waals surface area contributed by atoms with Gasteiger partial charge in [-0.2, -0.15) is 0 Å². The molecule has 0 aromatic carbocycles. The molecular formula is C14H25N3S. The molecule has 0 saturated heterocycles. The Bertz CT molecular complexity index is 318. The smallest absolute Gasteiger partial charge is 0.0937 e. The van der Waals surface area contributed by atoms with Crippen LogP contribution in [-0.4, -0.2) is 30.7 Å². The molecule has 2 N–H and O–H groups in total. The zero-order valence-electron chi connectivity index (χ0n) is 11.4. The molecule has 1 saturated carbocycles. The van der Waals surface area contributed by atoms with Crippen LogP contribution in [0.15, 0.2) is 11.6 Å². The van der Waals surface area contributed by atoms with Crippen LogP contribution in [0.2, 0.25) is 0 Å². The van der Waals surface area contributed by atoms with E-state index in [-0.39, 0.29) is 0 Å². The molecule has 1 heterocycles. The second kappa shape index (κ2) is 7.22. The van der Waals surface area contributed by atoms with Gasteiger partial charge >= 0.3 is 0 Å². The van der Waals surface area contributed by atoms with E-state index in [1.807, 2.05) is 11.6 Å². The Balaban J connectivity index is 1.61. The summed E-state index contributed by atoms with van der Waals surface area (Å²) in [6, 6.07) is 0. The molecule has 0 amide bonds. The normalized spacial score (nSPS) is 18.9. The topological polar surface area (TPSA) is 37.0 Å². The largest absolute Gasteiger partial charge is 0.316 e. The van der Waals surface area contributed by atoms with Crippen LogP contribution >= 0.6 is 11.3 Å². The zero-order chi connectivity index (χ0) is 12.7. The summed E-state index contributed by atoms with van der Waals surface area (Å²) in [5.74, 6) is 0. The minimum Gasteiger partial charge on any atom is -0.316 e. The van der Waals surface area contributed by atoms with Gasteiger partial charge in [-0.25, -0.2) is 4.98 Å². The van der Waals surface area contributed by atoms with Crippen molar-refractivity contribution < 1.29 is 0 Å². The van der Waals surface area contributed by atoms with Crippen LogP contribution in [-0.2, 0) is 6.42 Å². The monoisotopic (exact) mass is 267 g/mol. The molecule has 1 fully saturated rings. The van der Waals surface area contributed by atoms with Crippen molar-refractivity contribution >= 4 is 11.3 Å². The lowest BCUT2D eigenvalue weighted by atomic mass is 9.79. The maximum atomic E-state index is 4.30. The molecule has 0 bridgehead atoms. The summed E-state index contributed by atoms with van der Waals surface area (Å²) in [6.45, 7) is 2.17. The number of hydrogen-bond acceptors (Lipinski definition) is 4. The Morgan fingerprint density at radius 3 is 2.78 bits per heavy atom. The highest BCUT2D eigenvalue weighted by Gasteiger charge is 2.29. The first-order valence-corrected chi connectivity index (χ1v) is 8.01. The van der Waals surface area contributed by atoms with Gasteiger partial charge in [0.15, 0.2) is 0 Å². The second-order valence-corrected chi connectivity index (χ2v) is 6.25. The molecule has 4 heteroatoms. The van der Waals surface area contributed by atoms with E-state index in [2.05, 4.69) is 22.7 Å². The van der Waals surface area contributed by atoms with Crippen molar-refractivity contribution in [1.29, 1.82) is 0 Å². The summed E-state index contributed by atoms with van der Waals surface area (Å²) in [6.07, 6.45) is 11.1. The molecule has 1 aromatic heterocycles. The summed E-state index contributed by atoms with van der Waals surface area (Å²) in [5.41, 5.74) is 0.409. The zero-order valence-corrected chi connectivity index (χ0v) is 12.2. The third-order valence-electron chi connectivity index (χ3n) is 4.12. The first kappa shape index (κ1) is 14.0. The van der Waals surface area contributed by atoms with Crippen LogP contribution in [0.1, 0.15) is 43.5 Å². The summed E-state index contributed by atoms with van der Waals surface area (Å²) < 4.78 is 0. The van der Waals surface area contributed by atoms with Gasteiger partial charge in [0.25, 0.3) is 0 Å². The van der Waals surface area contributed by atoms with E-state index in [1.165, 1.54) is 43.5 Å². The van der Waals surface area contributed by atoms with Gasteiger partial charge in [-0.1, -0.05) is 19.3 Å². The van der Waals surface area contributed by atoms with Crippen molar-refractivity contribution in [2.24, 2.45) is 0 Å². The van der Waals surface area contributed by atoms with Crippen LogP contribution in [0, 0.1) is 0 Å². The minimum absolute atomic E-state index is 0.409. The maximum Gasteiger partial charge on any atom is 0.0937 e. The van der Waals surface area contributed by atoms with Gasteiger partial charge in [-0.05, 0) is 32.9 Å². The van der Waals surface area contributed by atoms with E-state index >= 15 is 0 Å². The SMILES string of the molecule is CNC1(CCNCCc2nccs2)CCCCC1. The van der Waals surface area contributed by atoms with Crippen molar-refractivity contribution in [3.05, 3.63) is 16.6 Å². The average Bonchev–Trinajstić information content (AvgIpc) is 2.93. The molecule has 3 nitrogen and oxygen atoms in total. The molecule has 0 radical (unpaired) electrons. The number of thiazole rings is 1. The fraction of sp³-hybridized carbons (Fsp3) is 0.786. The van der Waals surface area contributed by atoms with Gasteiger partial charge in [-0.3, -0.25) is 0 Å². The summed E-state index contributed by atoms with van der Waals surface area (Å²) in [7, 11) is 2.13. The Hall–Kier alpha value is -0.450. The van der Waals surface area contributed by atoms with Gasteiger partial charge in [0.05, 0.1) is 5.01 Å². The van der Waals surface area contributed by atoms with Crippen molar-refractivity contribution in [3.63, 3.8) is 0 Å². The quantitative estimate of drug-likeness (QED) is 0.746. The van der Waals surface area contributed by atoms with Crippen LogP contribution < -0.4 is 10.6 Å². The van der Waals surface area contributed by atoms with Gasteiger partial charge in [0, 0.05) is 30.1 Å². The Labute approximate surface area is 114 Å². The molecule has 102 valence electrons. The first-order valence-electron chi connectivity index (χ1n) is 7.13. The molecule has 18 heavy (non-hydrogen) atoms.